The Kier molecular flexibility index (Phi) is 5.69. The molecular weight excluding hydrogens is 415 g/mol. The second kappa shape index (κ2) is 8.41. The van der Waals surface area contributed by atoms with Crippen molar-refractivity contribution in [2.45, 2.75) is 6.18 Å². The fraction of sp³-hybridized carbons (Fsp3) is 0.250. The molecule has 1 saturated heterocycles. The molecule has 1 aliphatic heterocycles. The van der Waals surface area contributed by atoms with E-state index in [0.717, 1.165) is 55.3 Å². The van der Waals surface area contributed by atoms with Gasteiger partial charge in [0.2, 0.25) is 0 Å². The number of hydrogen-bond acceptors (Lipinski definition) is 6. The first-order chi connectivity index (χ1) is 14.4. The second-order valence-electron chi connectivity index (χ2n) is 6.70. The number of carbonyl (C=O) groups is 1. The highest BCUT2D eigenvalue weighted by Gasteiger charge is 2.30. The second-order valence-corrected chi connectivity index (χ2v) is 7.56. The first kappa shape index (κ1) is 20.3. The van der Waals surface area contributed by atoms with Crippen molar-refractivity contribution < 1.29 is 18.0 Å². The third kappa shape index (κ3) is 4.44. The fourth-order valence-electron chi connectivity index (χ4n) is 3.19. The van der Waals surface area contributed by atoms with Crippen LogP contribution in [0, 0.1) is 0 Å². The molecule has 2 aromatic heterocycles. The number of halogens is 3. The molecule has 156 valence electrons. The molecule has 0 atom stereocenters. The summed E-state index contributed by atoms with van der Waals surface area (Å²) < 4.78 is 38.9. The first-order valence-corrected chi connectivity index (χ1v) is 10.1. The summed E-state index contributed by atoms with van der Waals surface area (Å²) >= 11 is 1.12. The Morgan fingerprint density at radius 1 is 1.20 bits per heavy atom. The van der Waals surface area contributed by atoms with Gasteiger partial charge in [-0.25, -0.2) is 4.98 Å². The van der Waals surface area contributed by atoms with E-state index in [1.54, 1.807) is 18.5 Å². The van der Waals surface area contributed by atoms with Crippen molar-refractivity contribution >= 4 is 28.6 Å². The van der Waals surface area contributed by atoms with E-state index in [1.165, 1.54) is 11.4 Å². The maximum atomic E-state index is 13.0. The molecule has 1 amide bonds. The van der Waals surface area contributed by atoms with Gasteiger partial charge in [-0.15, -0.1) is 11.3 Å². The molecular formula is C20H18F3N5OS. The van der Waals surface area contributed by atoms with Crippen LogP contribution in [0.25, 0.3) is 10.6 Å². The zero-order valence-corrected chi connectivity index (χ0v) is 16.6. The van der Waals surface area contributed by atoms with Gasteiger partial charge >= 0.3 is 6.18 Å². The summed E-state index contributed by atoms with van der Waals surface area (Å²) in [7, 11) is 0. The molecule has 1 aromatic carbocycles. The molecule has 4 rings (SSSR count). The number of piperazine rings is 1. The Balaban J connectivity index is 1.53. The Hall–Kier alpha value is -2.98. The molecule has 0 saturated carbocycles. The van der Waals surface area contributed by atoms with E-state index in [9.17, 15) is 18.0 Å². The summed E-state index contributed by atoms with van der Waals surface area (Å²) in [6.45, 7) is 3.32. The lowest BCUT2D eigenvalue weighted by atomic mass is 10.1. The fourth-order valence-corrected chi connectivity index (χ4v) is 3.99. The highest BCUT2D eigenvalue weighted by Crippen LogP contribution is 2.33. The number of nitrogens with zero attached hydrogens (tertiary/aromatic N) is 3. The molecule has 3 heterocycles. The van der Waals surface area contributed by atoms with Gasteiger partial charge in [0.25, 0.3) is 5.91 Å². The van der Waals surface area contributed by atoms with Crippen molar-refractivity contribution in [1.82, 2.24) is 15.3 Å². The number of rotatable bonds is 4. The normalized spacial score (nSPS) is 14.6. The van der Waals surface area contributed by atoms with Crippen LogP contribution >= 0.6 is 11.3 Å². The Labute approximate surface area is 174 Å². The SMILES string of the molecule is O=C(Nc1cnccc1N1CCNCC1)c1csc(-c2cccc(C(F)(F)F)c2)n1. The van der Waals surface area contributed by atoms with Crippen LogP contribution in [-0.4, -0.2) is 42.1 Å². The summed E-state index contributed by atoms with van der Waals surface area (Å²) in [5.41, 5.74) is 1.14. The number of pyridine rings is 1. The number of aromatic nitrogens is 2. The lowest BCUT2D eigenvalue weighted by molar-refractivity contribution is -0.137. The lowest BCUT2D eigenvalue weighted by Crippen LogP contribution is -2.43. The van der Waals surface area contributed by atoms with E-state index in [1.807, 2.05) is 6.07 Å². The molecule has 2 N–H and O–H groups in total. The molecule has 0 bridgehead atoms. The van der Waals surface area contributed by atoms with E-state index >= 15 is 0 Å². The number of hydrogen-bond donors (Lipinski definition) is 2. The smallest absolute Gasteiger partial charge is 0.367 e. The molecule has 0 radical (unpaired) electrons. The number of thiazole rings is 1. The molecule has 1 fully saturated rings. The predicted octanol–water partition coefficient (Wildman–Crippen LogP) is 3.89. The number of nitrogens with one attached hydrogen (secondary N) is 2. The summed E-state index contributed by atoms with van der Waals surface area (Å²) in [5.74, 6) is -0.436. The van der Waals surface area contributed by atoms with Crippen molar-refractivity contribution in [1.29, 1.82) is 0 Å². The van der Waals surface area contributed by atoms with Crippen molar-refractivity contribution in [3.05, 3.63) is 59.4 Å². The molecule has 30 heavy (non-hydrogen) atoms. The summed E-state index contributed by atoms with van der Waals surface area (Å²) in [6.07, 6.45) is -1.19. The van der Waals surface area contributed by atoms with E-state index in [-0.39, 0.29) is 5.69 Å². The Bertz CT molecular complexity index is 1050. The third-order valence-corrected chi connectivity index (χ3v) is 5.57. The lowest BCUT2D eigenvalue weighted by Gasteiger charge is -2.30. The predicted molar refractivity (Wildman–Crippen MR) is 110 cm³/mol. The van der Waals surface area contributed by atoms with Crippen LogP contribution in [0.2, 0.25) is 0 Å². The molecule has 0 spiro atoms. The van der Waals surface area contributed by atoms with Gasteiger partial charge in [-0.2, -0.15) is 13.2 Å². The molecule has 0 aliphatic carbocycles. The van der Waals surface area contributed by atoms with Crippen LogP contribution in [0.1, 0.15) is 16.1 Å². The quantitative estimate of drug-likeness (QED) is 0.654. The van der Waals surface area contributed by atoms with Gasteiger partial charge in [-0.05, 0) is 18.2 Å². The molecule has 1 aliphatic rings. The highest BCUT2D eigenvalue weighted by molar-refractivity contribution is 7.13. The summed E-state index contributed by atoms with van der Waals surface area (Å²) in [5, 5.41) is 7.98. The largest absolute Gasteiger partial charge is 0.416 e. The minimum Gasteiger partial charge on any atom is -0.367 e. The van der Waals surface area contributed by atoms with Crippen LogP contribution in [-0.2, 0) is 6.18 Å². The van der Waals surface area contributed by atoms with Crippen LogP contribution in [0.15, 0.2) is 48.1 Å². The summed E-state index contributed by atoms with van der Waals surface area (Å²) in [6, 6.07) is 6.75. The Morgan fingerprint density at radius 3 is 2.77 bits per heavy atom. The van der Waals surface area contributed by atoms with Crippen LogP contribution in [0.4, 0.5) is 24.5 Å². The highest BCUT2D eigenvalue weighted by atomic mass is 32.1. The van der Waals surface area contributed by atoms with Gasteiger partial charge in [-0.1, -0.05) is 12.1 Å². The summed E-state index contributed by atoms with van der Waals surface area (Å²) in [4.78, 5) is 23.2. The minimum atomic E-state index is -4.44. The standard InChI is InChI=1S/C20H18F3N5OS/c21-20(22,23)14-3-1-2-13(10-14)19-27-16(12-30-19)18(29)26-15-11-25-5-4-17(15)28-8-6-24-7-9-28/h1-5,10-12,24H,6-9H2,(H,26,29). The number of amides is 1. The van der Waals surface area contributed by atoms with Gasteiger partial charge in [0.1, 0.15) is 10.7 Å². The number of alkyl halides is 3. The van der Waals surface area contributed by atoms with Gasteiger partial charge in [0.15, 0.2) is 0 Å². The van der Waals surface area contributed by atoms with Crippen molar-refractivity contribution in [2.75, 3.05) is 36.4 Å². The van der Waals surface area contributed by atoms with Gasteiger partial charge in [-0.3, -0.25) is 9.78 Å². The van der Waals surface area contributed by atoms with E-state index in [4.69, 9.17) is 0 Å². The molecule has 3 aromatic rings. The Morgan fingerprint density at radius 2 is 2.00 bits per heavy atom. The topological polar surface area (TPSA) is 70.2 Å². The average Bonchev–Trinajstić information content (AvgIpc) is 3.25. The van der Waals surface area contributed by atoms with Gasteiger partial charge < -0.3 is 15.5 Å². The van der Waals surface area contributed by atoms with Crippen LogP contribution in [0.3, 0.4) is 0 Å². The number of benzene rings is 1. The zero-order valence-electron chi connectivity index (χ0n) is 15.7. The van der Waals surface area contributed by atoms with Crippen molar-refractivity contribution in [3.8, 4) is 10.6 Å². The third-order valence-electron chi connectivity index (χ3n) is 4.68. The maximum Gasteiger partial charge on any atom is 0.416 e. The van der Waals surface area contributed by atoms with Gasteiger partial charge in [0, 0.05) is 43.3 Å². The van der Waals surface area contributed by atoms with Crippen molar-refractivity contribution in [3.63, 3.8) is 0 Å². The van der Waals surface area contributed by atoms with Crippen molar-refractivity contribution in [2.24, 2.45) is 0 Å². The molecule has 0 unspecified atom stereocenters. The van der Waals surface area contributed by atoms with E-state index < -0.39 is 17.6 Å². The monoisotopic (exact) mass is 433 g/mol. The van der Waals surface area contributed by atoms with Gasteiger partial charge in [0.05, 0.1) is 23.1 Å². The van der Waals surface area contributed by atoms with E-state index in [2.05, 4.69) is 25.5 Å². The number of anilines is 2. The van der Waals surface area contributed by atoms with E-state index in [0.29, 0.717) is 16.3 Å². The maximum absolute atomic E-state index is 13.0. The zero-order chi connectivity index (χ0) is 21.1. The first-order valence-electron chi connectivity index (χ1n) is 9.26. The van der Waals surface area contributed by atoms with Crippen LogP contribution < -0.4 is 15.5 Å². The minimum absolute atomic E-state index is 0.141. The van der Waals surface area contributed by atoms with Crippen LogP contribution in [0.5, 0.6) is 0 Å². The molecule has 10 heteroatoms. The molecule has 6 nitrogen and oxygen atoms in total. The average molecular weight is 433 g/mol. The number of carbonyl (C=O) groups excluding carboxylic acids is 1.